The predicted octanol–water partition coefficient (Wildman–Crippen LogP) is 4.06. The van der Waals surface area contributed by atoms with E-state index in [1.807, 2.05) is 0 Å². The molecule has 0 amide bonds. The first-order valence-corrected chi connectivity index (χ1v) is 5.83. The van der Waals surface area contributed by atoms with Gasteiger partial charge in [-0.3, -0.25) is 0 Å². The lowest BCUT2D eigenvalue weighted by atomic mass is 9.87. The maximum absolute atomic E-state index is 4.74. The highest BCUT2D eigenvalue weighted by atomic mass is 14.7. The summed E-state index contributed by atoms with van der Waals surface area (Å²) in [6.07, 6.45) is 5.52. The van der Waals surface area contributed by atoms with Gasteiger partial charge < -0.3 is 0 Å². The van der Waals surface area contributed by atoms with Gasteiger partial charge in [0.05, 0.1) is 11.2 Å². The lowest BCUT2D eigenvalue weighted by molar-refractivity contribution is 0.760. The highest BCUT2D eigenvalue weighted by Gasteiger charge is 2.17. The number of aromatic nitrogens is 1. The van der Waals surface area contributed by atoms with Crippen molar-refractivity contribution in [2.24, 2.45) is 0 Å². The van der Waals surface area contributed by atoms with Crippen molar-refractivity contribution < 1.29 is 0 Å². The van der Waals surface area contributed by atoms with Crippen molar-refractivity contribution in [3.05, 3.63) is 47.2 Å². The first-order chi connectivity index (χ1) is 7.77. The molecule has 1 nitrogen and oxygen atoms in total. The van der Waals surface area contributed by atoms with Crippen LogP contribution in [0.15, 0.2) is 30.3 Å². The molecule has 16 heavy (non-hydrogen) atoms. The number of nitrogens with zero attached hydrogens (tertiary/aromatic N) is 1. The van der Waals surface area contributed by atoms with E-state index in [-0.39, 0.29) is 0 Å². The van der Waals surface area contributed by atoms with Crippen LogP contribution in [0.4, 0.5) is 0 Å². The van der Waals surface area contributed by atoms with Gasteiger partial charge in [-0.1, -0.05) is 31.2 Å². The number of hydrogen-bond donors (Lipinski definition) is 0. The zero-order valence-corrected chi connectivity index (χ0v) is 9.70. The van der Waals surface area contributed by atoms with Crippen molar-refractivity contribution in [3.8, 4) is 0 Å². The molecule has 0 radical (unpaired) electrons. The second-order valence-electron chi connectivity index (χ2n) is 4.59. The summed E-state index contributed by atoms with van der Waals surface area (Å²) in [5.74, 6) is 0.595. The van der Waals surface area contributed by atoms with E-state index >= 15 is 0 Å². The first-order valence-electron chi connectivity index (χ1n) is 5.83. The summed E-state index contributed by atoms with van der Waals surface area (Å²) in [4.78, 5) is 4.74. The molecule has 2 aromatic rings. The molecule has 1 atom stereocenters. The Balaban J connectivity index is 2.42. The van der Waals surface area contributed by atoms with E-state index in [2.05, 4.69) is 50.3 Å². The van der Waals surface area contributed by atoms with Gasteiger partial charge in [-0.05, 0) is 42.5 Å². The van der Waals surface area contributed by atoms with Crippen LogP contribution in [0.2, 0.25) is 0 Å². The zero-order valence-electron chi connectivity index (χ0n) is 9.70. The van der Waals surface area contributed by atoms with Crippen LogP contribution in [0, 0.1) is 6.92 Å². The lowest BCUT2D eigenvalue weighted by Gasteiger charge is -2.20. The van der Waals surface area contributed by atoms with Crippen molar-refractivity contribution >= 4 is 17.0 Å². The highest BCUT2D eigenvalue weighted by molar-refractivity contribution is 5.85. The fourth-order valence-corrected chi connectivity index (χ4v) is 2.67. The molecule has 0 saturated carbocycles. The van der Waals surface area contributed by atoms with Crippen LogP contribution < -0.4 is 0 Å². The molecule has 0 fully saturated rings. The fraction of sp³-hybridized carbons (Fsp3) is 0.267. The summed E-state index contributed by atoms with van der Waals surface area (Å²) < 4.78 is 0. The largest absolute Gasteiger partial charge is 0.248 e. The third-order valence-electron chi connectivity index (χ3n) is 3.49. The molecule has 1 unspecified atom stereocenters. The van der Waals surface area contributed by atoms with E-state index in [0.29, 0.717) is 5.92 Å². The molecule has 0 saturated heterocycles. The minimum absolute atomic E-state index is 0.595. The number of hydrogen-bond acceptors (Lipinski definition) is 1. The minimum Gasteiger partial charge on any atom is -0.248 e. The number of benzene rings is 1. The smallest absolute Gasteiger partial charge is 0.0712 e. The van der Waals surface area contributed by atoms with Gasteiger partial charge in [-0.15, -0.1) is 0 Å². The van der Waals surface area contributed by atoms with Crippen LogP contribution in [-0.4, -0.2) is 4.98 Å². The number of fused-ring (bicyclic) bond motifs is 2. The van der Waals surface area contributed by atoms with Crippen molar-refractivity contribution in [3.63, 3.8) is 0 Å². The van der Waals surface area contributed by atoms with Crippen molar-refractivity contribution in [1.82, 2.24) is 4.98 Å². The Morgan fingerprint density at radius 1 is 1.25 bits per heavy atom. The van der Waals surface area contributed by atoms with E-state index in [0.717, 1.165) is 17.6 Å². The van der Waals surface area contributed by atoms with Crippen molar-refractivity contribution in [2.75, 3.05) is 0 Å². The Morgan fingerprint density at radius 3 is 2.94 bits per heavy atom. The molecular formula is C15H15N. The average Bonchev–Trinajstić information content (AvgIpc) is 2.29. The number of para-hydroxylation sites is 1. The predicted molar refractivity (Wildman–Crippen MR) is 68.5 cm³/mol. The summed E-state index contributed by atoms with van der Waals surface area (Å²) in [5.41, 5.74) is 5.10. The molecule has 0 bridgehead atoms. The lowest BCUT2D eigenvalue weighted by Crippen LogP contribution is -2.05. The minimum atomic E-state index is 0.595. The molecular weight excluding hydrogens is 194 g/mol. The van der Waals surface area contributed by atoms with Crippen LogP contribution >= 0.6 is 0 Å². The quantitative estimate of drug-likeness (QED) is 0.637. The second-order valence-corrected chi connectivity index (χ2v) is 4.59. The molecule has 0 spiro atoms. The molecule has 80 valence electrons. The standard InChI is InChI=1S/C15H15N/c1-10-6-5-9-14-15(10)11(2)12-7-3-4-8-13(12)16-14/h3-5,7-10H,6H2,1-2H3. The maximum Gasteiger partial charge on any atom is 0.0712 e. The van der Waals surface area contributed by atoms with Crippen LogP contribution in [0.25, 0.3) is 17.0 Å². The Labute approximate surface area is 95.8 Å². The number of rotatable bonds is 0. The molecule has 0 aliphatic heterocycles. The van der Waals surface area contributed by atoms with Crippen molar-refractivity contribution in [1.29, 1.82) is 0 Å². The summed E-state index contributed by atoms with van der Waals surface area (Å²) in [7, 11) is 0. The summed E-state index contributed by atoms with van der Waals surface area (Å²) in [6, 6.07) is 8.41. The zero-order chi connectivity index (χ0) is 11.1. The van der Waals surface area contributed by atoms with Crippen LogP contribution in [0.5, 0.6) is 0 Å². The molecule has 1 aliphatic rings. The Hall–Kier alpha value is -1.63. The van der Waals surface area contributed by atoms with E-state index in [1.165, 1.54) is 16.5 Å². The molecule has 1 aliphatic carbocycles. The average molecular weight is 209 g/mol. The maximum atomic E-state index is 4.74. The summed E-state index contributed by atoms with van der Waals surface area (Å²) in [6.45, 7) is 4.50. The van der Waals surface area contributed by atoms with E-state index in [1.54, 1.807) is 0 Å². The number of allylic oxidation sites excluding steroid dienone is 1. The topological polar surface area (TPSA) is 12.9 Å². The monoisotopic (exact) mass is 209 g/mol. The van der Waals surface area contributed by atoms with Crippen LogP contribution in [0.3, 0.4) is 0 Å². The van der Waals surface area contributed by atoms with E-state index in [4.69, 9.17) is 4.98 Å². The van der Waals surface area contributed by atoms with E-state index < -0.39 is 0 Å². The number of pyridine rings is 1. The highest BCUT2D eigenvalue weighted by Crippen LogP contribution is 2.34. The van der Waals surface area contributed by atoms with Gasteiger partial charge in [0.25, 0.3) is 0 Å². The van der Waals surface area contributed by atoms with Crippen LogP contribution in [0.1, 0.15) is 36.1 Å². The first kappa shape index (κ1) is 9.59. The van der Waals surface area contributed by atoms with Crippen LogP contribution in [-0.2, 0) is 0 Å². The fourth-order valence-electron chi connectivity index (χ4n) is 2.67. The van der Waals surface area contributed by atoms with E-state index in [9.17, 15) is 0 Å². The molecule has 0 N–H and O–H groups in total. The Bertz CT molecular complexity index is 581. The summed E-state index contributed by atoms with van der Waals surface area (Å²) in [5, 5.41) is 1.29. The van der Waals surface area contributed by atoms with Gasteiger partial charge in [0.15, 0.2) is 0 Å². The van der Waals surface area contributed by atoms with Gasteiger partial charge in [-0.2, -0.15) is 0 Å². The second kappa shape index (κ2) is 3.44. The molecule has 1 heteroatoms. The molecule has 1 aromatic heterocycles. The third kappa shape index (κ3) is 1.28. The SMILES string of the molecule is Cc1c2c(nc3ccccc13)C=CCC2C. The van der Waals surface area contributed by atoms with Gasteiger partial charge in [-0.25, -0.2) is 4.98 Å². The Kier molecular flexibility index (Phi) is 2.06. The number of aryl methyl sites for hydroxylation is 1. The Morgan fingerprint density at radius 2 is 2.06 bits per heavy atom. The van der Waals surface area contributed by atoms with Gasteiger partial charge in [0, 0.05) is 5.39 Å². The van der Waals surface area contributed by atoms with Crippen molar-refractivity contribution in [2.45, 2.75) is 26.2 Å². The van der Waals surface area contributed by atoms with Gasteiger partial charge in [0.2, 0.25) is 0 Å². The van der Waals surface area contributed by atoms with Gasteiger partial charge in [0.1, 0.15) is 0 Å². The summed E-state index contributed by atoms with van der Waals surface area (Å²) >= 11 is 0. The normalized spacial score (nSPS) is 18.8. The molecule has 1 heterocycles. The third-order valence-corrected chi connectivity index (χ3v) is 3.49. The molecule has 3 rings (SSSR count). The van der Waals surface area contributed by atoms with Gasteiger partial charge >= 0.3 is 0 Å². The molecule has 1 aromatic carbocycles.